The monoisotopic (exact) mass is 387 g/mol. The van der Waals surface area contributed by atoms with Crippen molar-refractivity contribution >= 4 is 17.7 Å². The van der Waals surface area contributed by atoms with E-state index < -0.39 is 0 Å². The van der Waals surface area contributed by atoms with Crippen molar-refractivity contribution in [2.75, 3.05) is 14.2 Å². The quantitative estimate of drug-likeness (QED) is 0.669. The maximum Gasteiger partial charge on any atom is 0.233 e. The van der Waals surface area contributed by atoms with Gasteiger partial charge >= 0.3 is 0 Å². The number of ether oxygens (including phenoxy) is 2. The van der Waals surface area contributed by atoms with Crippen LogP contribution in [0.15, 0.2) is 48.5 Å². The molecule has 1 N–H and O–H groups in total. The fourth-order valence-corrected chi connectivity index (χ4v) is 4.05. The summed E-state index contributed by atoms with van der Waals surface area (Å²) in [6.45, 7) is 6.14. The maximum absolute atomic E-state index is 12.9. The van der Waals surface area contributed by atoms with E-state index >= 15 is 0 Å². The van der Waals surface area contributed by atoms with Gasteiger partial charge in [0.05, 0.1) is 25.5 Å². The number of carbonyl (C=O) groups excluding carboxylic acids is 1. The second-order valence-corrected chi connectivity index (χ2v) is 7.93. The molecule has 0 aliphatic heterocycles. The average Bonchev–Trinajstić information content (AvgIpc) is 2.68. The summed E-state index contributed by atoms with van der Waals surface area (Å²) < 4.78 is 10.7. The molecule has 2 aromatic carbocycles. The van der Waals surface area contributed by atoms with Crippen molar-refractivity contribution in [1.82, 2.24) is 5.32 Å². The molecule has 146 valence electrons. The van der Waals surface area contributed by atoms with Gasteiger partial charge in [-0.1, -0.05) is 44.2 Å². The summed E-state index contributed by atoms with van der Waals surface area (Å²) in [6.07, 6.45) is 0. The minimum atomic E-state index is -0.156. The van der Waals surface area contributed by atoms with Gasteiger partial charge in [-0.05, 0) is 30.5 Å². The first-order valence-electron chi connectivity index (χ1n) is 9.14. The van der Waals surface area contributed by atoms with Crippen LogP contribution < -0.4 is 14.8 Å². The summed E-state index contributed by atoms with van der Waals surface area (Å²) in [5.41, 5.74) is 2.16. The normalized spacial score (nSPS) is 13.1. The highest BCUT2D eigenvalue weighted by molar-refractivity contribution is 7.99. The van der Waals surface area contributed by atoms with E-state index in [0.717, 1.165) is 17.1 Å². The molecule has 0 bridgehead atoms. The zero-order chi connectivity index (χ0) is 19.8. The Hall–Kier alpha value is -2.14. The van der Waals surface area contributed by atoms with Gasteiger partial charge in [-0.25, -0.2) is 0 Å². The molecular formula is C22H29NO3S. The number of hydrogen-bond acceptors (Lipinski definition) is 4. The van der Waals surface area contributed by atoms with Crippen LogP contribution in [0.5, 0.6) is 11.5 Å². The van der Waals surface area contributed by atoms with Gasteiger partial charge in [0.2, 0.25) is 5.91 Å². The molecule has 0 aromatic heterocycles. The van der Waals surface area contributed by atoms with E-state index in [0.29, 0.717) is 5.75 Å². The number of rotatable bonds is 9. The number of nitrogens with one attached hydrogen (secondary N) is 1. The second kappa shape index (κ2) is 10.3. The largest absolute Gasteiger partial charge is 0.497 e. The topological polar surface area (TPSA) is 47.6 Å². The van der Waals surface area contributed by atoms with Gasteiger partial charge in [-0.15, -0.1) is 11.8 Å². The molecule has 27 heavy (non-hydrogen) atoms. The Morgan fingerprint density at radius 2 is 1.74 bits per heavy atom. The van der Waals surface area contributed by atoms with Crippen LogP contribution >= 0.6 is 11.8 Å². The summed E-state index contributed by atoms with van der Waals surface area (Å²) in [5.74, 6) is 2.55. The summed E-state index contributed by atoms with van der Waals surface area (Å²) >= 11 is 1.68. The van der Waals surface area contributed by atoms with Gasteiger partial charge < -0.3 is 14.8 Å². The molecule has 2 aromatic rings. The zero-order valence-corrected chi connectivity index (χ0v) is 17.5. The number of benzene rings is 2. The van der Waals surface area contributed by atoms with E-state index in [-0.39, 0.29) is 23.1 Å². The van der Waals surface area contributed by atoms with Crippen LogP contribution in [0, 0.1) is 5.92 Å². The number of thioether (sulfide) groups is 1. The maximum atomic E-state index is 12.9. The number of hydrogen-bond donors (Lipinski definition) is 1. The van der Waals surface area contributed by atoms with Crippen molar-refractivity contribution in [3.63, 3.8) is 0 Å². The molecule has 0 saturated carbocycles. The van der Waals surface area contributed by atoms with Crippen molar-refractivity contribution in [1.29, 1.82) is 0 Å². The average molecular weight is 388 g/mol. The van der Waals surface area contributed by atoms with E-state index in [4.69, 9.17) is 9.47 Å². The van der Waals surface area contributed by atoms with Crippen LogP contribution in [-0.2, 0) is 10.5 Å². The first-order valence-corrected chi connectivity index (χ1v) is 10.2. The summed E-state index contributed by atoms with van der Waals surface area (Å²) in [5, 5.41) is 3.03. The molecule has 0 saturated heterocycles. The lowest BCUT2D eigenvalue weighted by Gasteiger charge is -2.24. The van der Waals surface area contributed by atoms with E-state index in [1.807, 2.05) is 43.3 Å². The first-order chi connectivity index (χ1) is 13.0. The van der Waals surface area contributed by atoms with E-state index in [9.17, 15) is 4.79 Å². The Morgan fingerprint density at radius 1 is 1.04 bits per heavy atom. The molecule has 0 aliphatic carbocycles. The Balaban J connectivity index is 2.06. The molecule has 2 atom stereocenters. The van der Waals surface area contributed by atoms with Gasteiger partial charge in [0.15, 0.2) is 0 Å². The highest BCUT2D eigenvalue weighted by atomic mass is 32.2. The zero-order valence-electron chi connectivity index (χ0n) is 16.7. The highest BCUT2D eigenvalue weighted by Crippen LogP contribution is 2.30. The second-order valence-electron chi connectivity index (χ2n) is 6.80. The van der Waals surface area contributed by atoms with Gasteiger partial charge in [-0.3, -0.25) is 4.79 Å². The molecule has 0 radical (unpaired) electrons. The molecule has 5 heteroatoms. The van der Waals surface area contributed by atoms with Crippen LogP contribution in [0.3, 0.4) is 0 Å². The third-order valence-electron chi connectivity index (χ3n) is 4.40. The fraction of sp³-hybridized carbons (Fsp3) is 0.409. The minimum Gasteiger partial charge on any atom is -0.497 e. The summed E-state index contributed by atoms with van der Waals surface area (Å²) in [6, 6.07) is 15.7. The molecule has 4 nitrogen and oxygen atoms in total. The van der Waals surface area contributed by atoms with Crippen molar-refractivity contribution in [2.24, 2.45) is 5.92 Å². The lowest BCUT2D eigenvalue weighted by Crippen LogP contribution is -2.37. The van der Waals surface area contributed by atoms with Gasteiger partial charge in [0, 0.05) is 17.4 Å². The lowest BCUT2D eigenvalue weighted by molar-refractivity contribution is -0.121. The van der Waals surface area contributed by atoms with Crippen LogP contribution in [0.1, 0.15) is 37.9 Å². The Morgan fingerprint density at radius 3 is 2.33 bits per heavy atom. The lowest BCUT2D eigenvalue weighted by atomic mass is 10.1. The molecule has 0 heterocycles. The summed E-state index contributed by atoms with van der Waals surface area (Å²) in [7, 11) is 3.25. The minimum absolute atomic E-state index is 0.0521. The molecule has 0 aliphatic rings. The Labute approximate surface area is 166 Å². The van der Waals surface area contributed by atoms with Crippen LogP contribution in [0.4, 0.5) is 0 Å². The Kier molecular flexibility index (Phi) is 8.04. The van der Waals surface area contributed by atoms with E-state index in [2.05, 4.69) is 31.3 Å². The van der Waals surface area contributed by atoms with E-state index in [1.54, 1.807) is 26.0 Å². The van der Waals surface area contributed by atoms with Crippen LogP contribution in [0.25, 0.3) is 0 Å². The smallest absolute Gasteiger partial charge is 0.233 e. The van der Waals surface area contributed by atoms with Crippen molar-refractivity contribution in [3.05, 3.63) is 59.7 Å². The standard InChI is InChI=1S/C22H29NO3S/c1-15(2)21(27-14-17-9-7-6-8-10-17)22(24)23-16(3)19-12-11-18(25-4)13-20(19)26-5/h6-13,15-16,21H,14H2,1-5H3,(H,23,24)/t16-,21-/m0/s1. The first kappa shape index (κ1) is 21.2. The van der Waals surface area contributed by atoms with Gasteiger partial charge in [-0.2, -0.15) is 0 Å². The molecule has 0 spiro atoms. The molecule has 2 rings (SSSR count). The molecule has 0 unspecified atom stereocenters. The number of amides is 1. The van der Waals surface area contributed by atoms with Crippen molar-refractivity contribution in [2.45, 2.75) is 37.8 Å². The summed E-state index contributed by atoms with van der Waals surface area (Å²) in [4.78, 5) is 12.9. The highest BCUT2D eigenvalue weighted by Gasteiger charge is 2.25. The Bertz CT molecular complexity index is 734. The number of carbonyl (C=O) groups is 1. The third-order valence-corrected chi connectivity index (χ3v) is 6.02. The molecule has 1 amide bonds. The number of methoxy groups -OCH3 is 2. The predicted octanol–water partition coefficient (Wildman–Crippen LogP) is 4.84. The fourth-order valence-electron chi connectivity index (χ4n) is 2.88. The predicted molar refractivity (Wildman–Crippen MR) is 112 cm³/mol. The molecule has 0 fully saturated rings. The van der Waals surface area contributed by atoms with Crippen LogP contribution in [0.2, 0.25) is 0 Å². The van der Waals surface area contributed by atoms with Crippen molar-refractivity contribution < 1.29 is 14.3 Å². The SMILES string of the molecule is COc1ccc([C@H](C)NC(=O)[C@@H](SCc2ccccc2)C(C)C)c(OC)c1. The van der Waals surface area contributed by atoms with Gasteiger partial charge in [0.25, 0.3) is 0 Å². The van der Waals surface area contributed by atoms with E-state index in [1.165, 1.54) is 5.56 Å². The third kappa shape index (κ3) is 5.93. The van der Waals surface area contributed by atoms with Gasteiger partial charge in [0.1, 0.15) is 11.5 Å². The molecular weight excluding hydrogens is 358 g/mol. The van der Waals surface area contributed by atoms with Crippen LogP contribution in [-0.4, -0.2) is 25.4 Å². The van der Waals surface area contributed by atoms with Crippen molar-refractivity contribution in [3.8, 4) is 11.5 Å².